The molecule has 21 heavy (non-hydrogen) atoms. The second-order valence-electron chi connectivity index (χ2n) is 4.71. The largest absolute Gasteiger partial charge is 0.478 e. The van der Waals surface area contributed by atoms with Crippen LogP contribution in [0.15, 0.2) is 12.4 Å². The summed E-state index contributed by atoms with van der Waals surface area (Å²) in [5.74, 6) is -0.649. The minimum absolute atomic E-state index is 0.136. The molecule has 108 valence electrons. The smallest absolute Gasteiger partial charge is 0.336 e. The minimum atomic E-state index is -0.959. The van der Waals surface area contributed by atoms with Gasteiger partial charge in [0.15, 0.2) is 5.82 Å². The van der Waals surface area contributed by atoms with Gasteiger partial charge in [0.25, 0.3) is 0 Å². The molecule has 0 unspecified atom stereocenters. The lowest BCUT2D eigenvalue weighted by molar-refractivity contribution is -0.115. The van der Waals surface area contributed by atoms with Gasteiger partial charge >= 0.3 is 5.97 Å². The maximum absolute atomic E-state index is 11.5. The number of aromatic nitrogens is 2. The molecule has 0 saturated carbocycles. The summed E-state index contributed by atoms with van der Waals surface area (Å²) in [7, 11) is 1.78. The molecule has 2 aromatic heterocycles. The molecule has 2 N–H and O–H groups in total. The molecule has 7 nitrogen and oxygen atoms in total. The fourth-order valence-corrected chi connectivity index (χ4v) is 3.30. The number of nitrogens with one attached hydrogen (secondary N) is 1. The SMILES string of the molecule is Cc1sc(-c2ncnc3c2N(C)CC(=O)N3)cc1C(=O)O. The van der Waals surface area contributed by atoms with Gasteiger partial charge in [0.1, 0.15) is 17.7 Å². The number of hydrogen-bond donors (Lipinski definition) is 2. The zero-order valence-electron chi connectivity index (χ0n) is 11.4. The van der Waals surface area contributed by atoms with Crippen LogP contribution in [-0.4, -0.2) is 40.5 Å². The van der Waals surface area contributed by atoms with E-state index in [4.69, 9.17) is 5.11 Å². The highest BCUT2D eigenvalue weighted by atomic mass is 32.1. The number of hydrogen-bond acceptors (Lipinski definition) is 6. The molecule has 1 amide bonds. The van der Waals surface area contributed by atoms with Crippen LogP contribution in [0.3, 0.4) is 0 Å². The maximum Gasteiger partial charge on any atom is 0.336 e. The van der Waals surface area contributed by atoms with Crippen molar-refractivity contribution in [3.8, 4) is 10.6 Å². The quantitative estimate of drug-likeness (QED) is 0.875. The Morgan fingerprint density at radius 3 is 2.90 bits per heavy atom. The highest BCUT2D eigenvalue weighted by Crippen LogP contribution is 2.39. The first-order valence-electron chi connectivity index (χ1n) is 6.17. The van der Waals surface area contributed by atoms with E-state index in [-0.39, 0.29) is 18.0 Å². The van der Waals surface area contributed by atoms with E-state index in [0.717, 1.165) is 4.88 Å². The second kappa shape index (κ2) is 4.81. The molecule has 2 aromatic rings. The van der Waals surface area contributed by atoms with Gasteiger partial charge in [-0.05, 0) is 13.0 Å². The van der Waals surface area contributed by atoms with Crippen molar-refractivity contribution < 1.29 is 14.7 Å². The molecule has 1 aliphatic rings. The first-order chi connectivity index (χ1) is 9.97. The summed E-state index contributed by atoms with van der Waals surface area (Å²) < 4.78 is 0. The van der Waals surface area contributed by atoms with Gasteiger partial charge in [-0.15, -0.1) is 11.3 Å². The van der Waals surface area contributed by atoms with Crippen LogP contribution in [0.4, 0.5) is 11.5 Å². The average molecular weight is 304 g/mol. The van der Waals surface area contributed by atoms with Crippen LogP contribution in [0.5, 0.6) is 0 Å². The van der Waals surface area contributed by atoms with Gasteiger partial charge in [-0.1, -0.05) is 0 Å². The van der Waals surface area contributed by atoms with E-state index in [1.165, 1.54) is 17.7 Å². The monoisotopic (exact) mass is 304 g/mol. The van der Waals surface area contributed by atoms with Crippen molar-refractivity contribution in [3.05, 3.63) is 22.8 Å². The zero-order valence-corrected chi connectivity index (χ0v) is 12.2. The molecular weight excluding hydrogens is 292 g/mol. The zero-order chi connectivity index (χ0) is 15.1. The number of amides is 1. The number of likely N-dealkylation sites (N-methyl/N-ethyl adjacent to an activating group) is 1. The average Bonchev–Trinajstić information content (AvgIpc) is 2.79. The molecule has 3 heterocycles. The third kappa shape index (κ3) is 2.23. The van der Waals surface area contributed by atoms with Crippen molar-refractivity contribution >= 4 is 34.7 Å². The van der Waals surface area contributed by atoms with Crippen molar-refractivity contribution in [2.45, 2.75) is 6.92 Å². The van der Waals surface area contributed by atoms with Crippen molar-refractivity contribution in [2.75, 3.05) is 23.8 Å². The van der Waals surface area contributed by atoms with Crippen LogP contribution in [0.1, 0.15) is 15.2 Å². The number of carbonyl (C=O) groups excluding carboxylic acids is 1. The van der Waals surface area contributed by atoms with Crippen LogP contribution in [0, 0.1) is 6.92 Å². The lowest BCUT2D eigenvalue weighted by Gasteiger charge is -2.27. The molecule has 0 aromatic carbocycles. The molecule has 8 heteroatoms. The fourth-order valence-electron chi connectivity index (χ4n) is 2.29. The number of rotatable bonds is 2. The lowest BCUT2D eigenvalue weighted by atomic mass is 10.2. The summed E-state index contributed by atoms with van der Waals surface area (Å²) in [6, 6.07) is 1.61. The van der Waals surface area contributed by atoms with Crippen LogP contribution in [0.2, 0.25) is 0 Å². The topological polar surface area (TPSA) is 95.4 Å². The number of fused-ring (bicyclic) bond motifs is 1. The van der Waals surface area contributed by atoms with Gasteiger partial charge in [0, 0.05) is 11.9 Å². The van der Waals surface area contributed by atoms with Crippen LogP contribution < -0.4 is 10.2 Å². The summed E-state index contributed by atoms with van der Waals surface area (Å²) in [5.41, 5.74) is 1.60. The van der Waals surface area contributed by atoms with E-state index >= 15 is 0 Å². The Balaban J connectivity index is 2.16. The number of carbonyl (C=O) groups is 2. The predicted octanol–water partition coefficient (Wildman–Crippen LogP) is 1.60. The van der Waals surface area contributed by atoms with Gasteiger partial charge in [-0.3, -0.25) is 4.79 Å². The first-order valence-corrected chi connectivity index (χ1v) is 6.99. The highest BCUT2D eigenvalue weighted by molar-refractivity contribution is 7.15. The van der Waals surface area contributed by atoms with E-state index in [2.05, 4.69) is 15.3 Å². The normalized spacial score (nSPS) is 13.8. The first kappa shape index (κ1) is 13.5. The molecule has 0 radical (unpaired) electrons. The lowest BCUT2D eigenvalue weighted by Crippen LogP contribution is -2.36. The molecule has 3 rings (SSSR count). The number of aryl methyl sites for hydroxylation is 1. The maximum atomic E-state index is 11.5. The van der Waals surface area contributed by atoms with Gasteiger partial charge in [-0.2, -0.15) is 0 Å². The van der Waals surface area contributed by atoms with Gasteiger partial charge in [0.2, 0.25) is 5.91 Å². The number of aromatic carboxylic acids is 1. The van der Waals surface area contributed by atoms with Crippen molar-refractivity contribution in [3.63, 3.8) is 0 Å². The molecule has 0 bridgehead atoms. The molecule has 0 atom stereocenters. The van der Waals surface area contributed by atoms with E-state index < -0.39 is 5.97 Å². The number of carboxylic acids is 1. The molecule has 0 aliphatic carbocycles. The summed E-state index contributed by atoms with van der Waals surface area (Å²) in [5, 5.41) is 11.9. The molecule has 0 saturated heterocycles. The Morgan fingerprint density at radius 2 is 2.24 bits per heavy atom. The third-order valence-corrected chi connectivity index (χ3v) is 4.28. The van der Waals surface area contributed by atoms with Crippen molar-refractivity contribution in [1.29, 1.82) is 0 Å². The molecule has 1 aliphatic heterocycles. The van der Waals surface area contributed by atoms with Crippen molar-refractivity contribution in [2.24, 2.45) is 0 Å². The number of nitrogens with zero attached hydrogens (tertiary/aromatic N) is 3. The fraction of sp³-hybridized carbons (Fsp3) is 0.231. The predicted molar refractivity (Wildman–Crippen MR) is 78.9 cm³/mol. The summed E-state index contributed by atoms with van der Waals surface area (Å²) in [4.78, 5) is 34.3. The summed E-state index contributed by atoms with van der Waals surface area (Å²) >= 11 is 1.36. The van der Waals surface area contributed by atoms with Crippen LogP contribution in [-0.2, 0) is 4.79 Å². The Labute approximate surface area is 124 Å². The highest BCUT2D eigenvalue weighted by Gasteiger charge is 2.26. The Morgan fingerprint density at radius 1 is 1.48 bits per heavy atom. The summed E-state index contributed by atoms with van der Waals surface area (Å²) in [6.07, 6.45) is 1.36. The van der Waals surface area contributed by atoms with Crippen molar-refractivity contribution in [1.82, 2.24) is 9.97 Å². The molecule has 0 spiro atoms. The Bertz CT molecular complexity index is 756. The van der Waals surface area contributed by atoms with E-state index in [9.17, 15) is 9.59 Å². The Kier molecular flexibility index (Phi) is 3.09. The van der Waals surface area contributed by atoms with Crippen LogP contribution >= 0.6 is 11.3 Å². The van der Waals surface area contributed by atoms with E-state index in [1.54, 1.807) is 24.9 Å². The van der Waals surface area contributed by atoms with Gasteiger partial charge in [-0.25, -0.2) is 14.8 Å². The second-order valence-corrected chi connectivity index (χ2v) is 5.97. The van der Waals surface area contributed by atoms with Crippen LogP contribution in [0.25, 0.3) is 10.6 Å². The Hall–Kier alpha value is -2.48. The number of carboxylic acid groups (broad SMARTS) is 1. The standard InChI is InChI=1S/C13H12N4O3S/c1-6-7(13(19)20)3-8(21-6)10-11-12(15-5-14-10)16-9(18)4-17(11)2/h3,5H,4H2,1-2H3,(H,19,20)(H,14,15,16,18). The number of thiophene rings is 1. The third-order valence-electron chi connectivity index (χ3n) is 3.22. The van der Waals surface area contributed by atoms with Gasteiger partial charge in [0.05, 0.1) is 17.0 Å². The molecular formula is C13H12N4O3S. The summed E-state index contributed by atoms with van der Waals surface area (Å²) in [6.45, 7) is 1.97. The van der Waals surface area contributed by atoms with E-state index in [0.29, 0.717) is 22.1 Å². The van der Waals surface area contributed by atoms with Gasteiger partial charge < -0.3 is 15.3 Å². The minimum Gasteiger partial charge on any atom is -0.478 e. The molecule has 0 fully saturated rings. The number of anilines is 2. The van der Waals surface area contributed by atoms with E-state index in [1.807, 2.05) is 0 Å².